The monoisotopic (exact) mass is 447 g/mol. The number of phenols is 2. The summed E-state index contributed by atoms with van der Waals surface area (Å²) in [6.45, 7) is 0.436. The van der Waals surface area contributed by atoms with Gasteiger partial charge in [-0.2, -0.15) is 0 Å². The van der Waals surface area contributed by atoms with Crippen molar-refractivity contribution in [3.05, 3.63) is 127 Å². The summed E-state index contributed by atoms with van der Waals surface area (Å²) in [5, 5.41) is 21.8. The molecular weight excluding hydrogens is 422 g/mol. The first-order valence-electron chi connectivity index (χ1n) is 11.2. The number of fused-ring (bicyclic) bond motifs is 1. The van der Waals surface area contributed by atoms with E-state index in [0.29, 0.717) is 6.73 Å². The van der Waals surface area contributed by atoms with Gasteiger partial charge in [0.2, 0.25) is 0 Å². The van der Waals surface area contributed by atoms with Crippen LogP contribution in [0.2, 0.25) is 0 Å². The highest BCUT2D eigenvalue weighted by atomic mass is 16.5. The van der Waals surface area contributed by atoms with Gasteiger partial charge in [0.25, 0.3) is 0 Å². The lowest BCUT2D eigenvalue weighted by atomic mass is 9.90. The first-order chi connectivity index (χ1) is 16.7. The largest absolute Gasteiger partial charge is 0.508 e. The number of nitrogens with zero attached hydrogens (tertiary/aromatic N) is 1. The number of benzene rings is 4. The molecule has 4 heteroatoms. The van der Waals surface area contributed by atoms with E-state index in [9.17, 15) is 10.2 Å². The van der Waals surface area contributed by atoms with E-state index in [1.54, 1.807) is 24.3 Å². The molecule has 0 bridgehead atoms. The number of allylic oxidation sites excluding steroid dienone is 4. The molecule has 0 unspecified atom stereocenters. The van der Waals surface area contributed by atoms with Gasteiger partial charge in [0.05, 0.1) is 0 Å². The number of aromatic hydroxyl groups is 2. The highest BCUT2D eigenvalue weighted by molar-refractivity contribution is 5.93. The molecule has 168 valence electrons. The molecule has 0 radical (unpaired) electrons. The fraction of sp³-hybridized carbons (Fsp3) is 0.0667. The Bertz CT molecular complexity index is 1370. The summed E-state index contributed by atoms with van der Waals surface area (Å²) in [6, 6.07) is 25.0. The predicted octanol–water partition coefficient (Wildman–Crippen LogP) is 6.74. The summed E-state index contributed by atoms with van der Waals surface area (Å²) in [4.78, 5) is 1.98. The van der Waals surface area contributed by atoms with Gasteiger partial charge in [-0.3, -0.25) is 0 Å². The third kappa shape index (κ3) is 4.81. The maximum atomic E-state index is 9.96. The van der Waals surface area contributed by atoms with Crippen molar-refractivity contribution >= 4 is 10.8 Å². The van der Waals surface area contributed by atoms with Gasteiger partial charge in [-0.25, -0.2) is 0 Å². The van der Waals surface area contributed by atoms with Crippen LogP contribution in [0.25, 0.3) is 21.9 Å². The molecular formula is C30H25NO3. The summed E-state index contributed by atoms with van der Waals surface area (Å²) >= 11 is 0. The van der Waals surface area contributed by atoms with Crippen LogP contribution < -0.4 is 4.74 Å². The summed E-state index contributed by atoms with van der Waals surface area (Å²) in [5.74, 6) is 1.31. The minimum absolute atomic E-state index is 0.244. The van der Waals surface area contributed by atoms with Crippen molar-refractivity contribution in [3.63, 3.8) is 0 Å². The molecule has 0 fully saturated rings. The van der Waals surface area contributed by atoms with Crippen molar-refractivity contribution in [2.45, 2.75) is 6.42 Å². The van der Waals surface area contributed by atoms with Crippen LogP contribution in [0.15, 0.2) is 116 Å². The summed E-state index contributed by atoms with van der Waals surface area (Å²) in [7, 11) is 0. The first kappa shape index (κ1) is 21.4. The Morgan fingerprint density at radius 2 is 1.38 bits per heavy atom. The lowest BCUT2D eigenvalue weighted by molar-refractivity contribution is 0.214. The Hall–Kier alpha value is -4.44. The van der Waals surface area contributed by atoms with E-state index in [2.05, 4.69) is 18.2 Å². The molecule has 5 rings (SSSR count). The van der Waals surface area contributed by atoms with Gasteiger partial charge in [-0.1, -0.05) is 54.6 Å². The van der Waals surface area contributed by atoms with Crippen LogP contribution in [0.5, 0.6) is 17.2 Å². The fourth-order valence-electron chi connectivity index (χ4n) is 4.12. The zero-order valence-corrected chi connectivity index (χ0v) is 18.6. The topological polar surface area (TPSA) is 52.9 Å². The third-order valence-electron chi connectivity index (χ3n) is 5.87. The molecule has 1 aliphatic rings. The van der Waals surface area contributed by atoms with Gasteiger partial charge in [0, 0.05) is 12.4 Å². The van der Waals surface area contributed by atoms with E-state index < -0.39 is 0 Å². The highest BCUT2D eigenvalue weighted by Gasteiger charge is 2.12. The molecule has 0 amide bonds. The second-order valence-electron chi connectivity index (χ2n) is 8.22. The first-order valence-corrected chi connectivity index (χ1v) is 11.2. The van der Waals surface area contributed by atoms with E-state index in [4.69, 9.17) is 4.74 Å². The average Bonchev–Trinajstić information content (AvgIpc) is 3.13. The van der Waals surface area contributed by atoms with Crippen molar-refractivity contribution in [2.24, 2.45) is 0 Å². The van der Waals surface area contributed by atoms with Crippen LogP contribution in [0.1, 0.15) is 11.1 Å². The number of rotatable bonds is 6. The number of phenolic OH excluding ortho intramolecular Hbond substituents is 2. The quantitative estimate of drug-likeness (QED) is 0.343. The molecule has 1 heterocycles. The van der Waals surface area contributed by atoms with Gasteiger partial charge in [0.15, 0.2) is 6.73 Å². The van der Waals surface area contributed by atoms with Crippen LogP contribution in [-0.4, -0.2) is 21.8 Å². The van der Waals surface area contributed by atoms with Crippen molar-refractivity contribution < 1.29 is 14.9 Å². The molecule has 1 aliphatic heterocycles. The average molecular weight is 448 g/mol. The van der Waals surface area contributed by atoms with Crippen LogP contribution in [-0.2, 0) is 6.42 Å². The Kier molecular flexibility index (Phi) is 6.04. The third-order valence-corrected chi connectivity index (χ3v) is 5.87. The van der Waals surface area contributed by atoms with Gasteiger partial charge in [-0.15, -0.1) is 0 Å². The molecule has 2 N–H and O–H groups in total. The molecule has 4 aromatic rings. The maximum absolute atomic E-state index is 9.96. The van der Waals surface area contributed by atoms with Gasteiger partial charge >= 0.3 is 0 Å². The van der Waals surface area contributed by atoms with Gasteiger partial charge in [0.1, 0.15) is 17.2 Å². The number of ether oxygens (including phenoxy) is 1. The molecule has 0 spiro atoms. The number of hydrogen-bond donors (Lipinski definition) is 2. The lowest BCUT2D eigenvalue weighted by Crippen LogP contribution is -2.16. The van der Waals surface area contributed by atoms with Crippen LogP contribution >= 0.6 is 0 Å². The van der Waals surface area contributed by atoms with E-state index >= 15 is 0 Å². The Morgan fingerprint density at radius 3 is 2.12 bits per heavy atom. The minimum atomic E-state index is 0.244. The van der Waals surface area contributed by atoms with Crippen molar-refractivity contribution in [3.8, 4) is 28.4 Å². The maximum Gasteiger partial charge on any atom is 0.164 e. The molecule has 0 atom stereocenters. The Balaban J connectivity index is 1.42. The SMILES string of the molecule is Oc1ccc(-c2ccc3cc(O)ccc3c2Cc2ccc(OCN3C=CC=CC=C3)cc2)cc1. The molecule has 0 aliphatic carbocycles. The van der Waals surface area contributed by atoms with Crippen LogP contribution in [0, 0.1) is 0 Å². The number of hydrogen-bond acceptors (Lipinski definition) is 4. The van der Waals surface area contributed by atoms with Crippen molar-refractivity contribution in [2.75, 3.05) is 6.73 Å². The molecule has 4 aromatic carbocycles. The predicted molar refractivity (Wildman–Crippen MR) is 137 cm³/mol. The molecule has 0 saturated carbocycles. The van der Waals surface area contributed by atoms with Gasteiger partial charge in [-0.05, 0) is 88.0 Å². The summed E-state index contributed by atoms with van der Waals surface area (Å²) in [5.41, 5.74) is 4.47. The molecule has 0 aromatic heterocycles. The lowest BCUT2D eigenvalue weighted by Gasteiger charge is -2.17. The highest BCUT2D eigenvalue weighted by Crippen LogP contribution is 2.34. The zero-order valence-electron chi connectivity index (χ0n) is 18.6. The van der Waals surface area contributed by atoms with E-state index in [1.165, 1.54) is 5.56 Å². The zero-order chi connectivity index (χ0) is 23.3. The Labute approximate surface area is 199 Å². The van der Waals surface area contributed by atoms with Crippen molar-refractivity contribution in [1.29, 1.82) is 0 Å². The molecule has 4 nitrogen and oxygen atoms in total. The van der Waals surface area contributed by atoms with E-state index in [1.807, 2.05) is 78.0 Å². The molecule has 0 saturated heterocycles. The Morgan fingerprint density at radius 1 is 0.676 bits per heavy atom. The minimum Gasteiger partial charge on any atom is -0.508 e. The second kappa shape index (κ2) is 9.59. The van der Waals surface area contributed by atoms with E-state index in [-0.39, 0.29) is 11.5 Å². The van der Waals surface area contributed by atoms with Crippen molar-refractivity contribution in [1.82, 2.24) is 4.90 Å². The summed E-state index contributed by atoms with van der Waals surface area (Å²) in [6.07, 6.45) is 12.6. The van der Waals surface area contributed by atoms with Crippen LogP contribution in [0.3, 0.4) is 0 Å². The van der Waals surface area contributed by atoms with Crippen LogP contribution in [0.4, 0.5) is 0 Å². The standard InChI is InChI=1S/C30H25NO3/c32-25-10-7-23(8-11-25)28-15-9-24-20-26(33)12-16-29(24)30(28)19-22-5-13-27(14-6-22)34-21-31-17-3-1-2-4-18-31/h1-18,20,32-33H,19,21H2. The molecule has 34 heavy (non-hydrogen) atoms. The smallest absolute Gasteiger partial charge is 0.164 e. The van der Waals surface area contributed by atoms with E-state index in [0.717, 1.165) is 39.6 Å². The normalized spacial score (nSPS) is 12.8. The second-order valence-corrected chi connectivity index (χ2v) is 8.22. The summed E-state index contributed by atoms with van der Waals surface area (Å²) < 4.78 is 5.94. The fourth-order valence-corrected chi connectivity index (χ4v) is 4.12. The van der Waals surface area contributed by atoms with Gasteiger partial charge < -0.3 is 19.8 Å².